The fourth-order valence-corrected chi connectivity index (χ4v) is 0.946. The van der Waals surface area contributed by atoms with Crippen LogP contribution < -0.4 is 16.4 Å². The third-order valence-electron chi connectivity index (χ3n) is 1.81. The summed E-state index contributed by atoms with van der Waals surface area (Å²) < 4.78 is 4.75. The molecule has 1 atom stereocenters. The molecule has 0 aliphatic heterocycles. The lowest BCUT2D eigenvalue weighted by molar-refractivity contribution is -0.135. The van der Waals surface area contributed by atoms with Crippen LogP contribution in [0, 0.1) is 0 Å². The van der Waals surface area contributed by atoms with Crippen LogP contribution in [0.15, 0.2) is 4.52 Å². The van der Waals surface area contributed by atoms with Crippen LogP contribution in [0.1, 0.15) is 17.8 Å². The number of carboxylic acids is 1. The van der Waals surface area contributed by atoms with Crippen LogP contribution >= 0.6 is 0 Å². The van der Waals surface area contributed by atoms with E-state index >= 15 is 0 Å². The van der Waals surface area contributed by atoms with E-state index in [1.165, 1.54) is 0 Å². The number of nitrogens with one attached hydrogen (secondary N) is 2. The number of aromatic nitrogens is 2. The van der Waals surface area contributed by atoms with Crippen molar-refractivity contribution < 1.29 is 24.3 Å². The van der Waals surface area contributed by atoms with Crippen LogP contribution in [0.5, 0.6) is 0 Å². The number of hydrogen-bond donors (Lipinski definition) is 5. The molecule has 1 aromatic heterocycles. The Hall–Kier alpha value is -2.20. The van der Waals surface area contributed by atoms with Crippen molar-refractivity contribution in [1.82, 2.24) is 20.8 Å². The van der Waals surface area contributed by atoms with Gasteiger partial charge in [-0.05, 0) is 0 Å². The van der Waals surface area contributed by atoms with Crippen LogP contribution in [0.2, 0.25) is 0 Å². The van der Waals surface area contributed by atoms with Crippen molar-refractivity contribution in [3.63, 3.8) is 0 Å². The fourth-order valence-electron chi connectivity index (χ4n) is 0.946. The molecule has 0 unspecified atom stereocenters. The Bertz CT molecular complexity index is 420. The number of carbonyl (C=O) groups excluding carboxylic acids is 1. The van der Waals surface area contributed by atoms with Crippen LogP contribution in [-0.4, -0.2) is 45.5 Å². The number of nitrogens with zero attached hydrogens (tertiary/aromatic N) is 2. The van der Waals surface area contributed by atoms with E-state index in [9.17, 15) is 9.59 Å². The number of urea groups is 1. The zero-order chi connectivity index (χ0) is 13.5. The van der Waals surface area contributed by atoms with Crippen molar-refractivity contribution in [1.29, 1.82) is 0 Å². The fraction of sp³-hybridized carbons (Fsp3) is 0.500. The van der Waals surface area contributed by atoms with Gasteiger partial charge in [-0.15, -0.1) is 0 Å². The van der Waals surface area contributed by atoms with E-state index < -0.39 is 24.6 Å². The number of aliphatic hydroxyl groups is 1. The lowest BCUT2D eigenvalue weighted by atomic mass is 10.3. The van der Waals surface area contributed by atoms with E-state index in [0.29, 0.717) is 0 Å². The van der Waals surface area contributed by atoms with E-state index in [4.69, 9.17) is 20.5 Å². The van der Waals surface area contributed by atoms with Gasteiger partial charge in [0, 0.05) is 0 Å². The van der Waals surface area contributed by atoms with Gasteiger partial charge in [0.1, 0.15) is 6.54 Å². The Labute approximate surface area is 101 Å². The molecule has 0 aliphatic rings. The first-order valence-electron chi connectivity index (χ1n) is 4.95. The summed E-state index contributed by atoms with van der Waals surface area (Å²) in [5.74, 6) is -0.932. The van der Waals surface area contributed by atoms with Gasteiger partial charge in [0.05, 0.1) is 19.2 Å². The minimum Gasteiger partial charge on any atom is -0.480 e. The lowest BCUT2D eigenvalue weighted by Gasteiger charge is -2.02. The summed E-state index contributed by atoms with van der Waals surface area (Å²) in [5, 5.41) is 25.0. The Morgan fingerprint density at radius 1 is 1.44 bits per heavy atom. The van der Waals surface area contributed by atoms with Crippen molar-refractivity contribution >= 4 is 12.0 Å². The van der Waals surface area contributed by atoms with Crippen molar-refractivity contribution in [2.45, 2.75) is 12.6 Å². The molecule has 0 radical (unpaired) electrons. The molecule has 10 heteroatoms. The molecule has 100 valence electrons. The monoisotopic (exact) mass is 259 g/mol. The maximum Gasteiger partial charge on any atom is 0.323 e. The molecule has 0 saturated heterocycles. The number of rotatable bonds is 6. The molecule has 0 aromatic carbocycles. The quantitative estimate of drug-likeness (QED) is 0.389. The second-order valence-corrected chi connectivity index (χ2v) is 3.27. The van der Waals surface area contributed by atoms with Gasteiger partial charge in [0.15, 0.2) is 5.82 Å². The maximum atomic E-state index is 11.1. The minimum absolute atomic E-state index is 0.0728. The summed E-state index contributed by atoms with van der Waals surface area (Å²) in [5.41, 5.74) is 5.44. The van der Waals surface area contributed by atoms with Crippen molar-refractivity contribution in [2.24, 2.45) is 5.73 Å². The molecule has 0 spiro atoms. The molecule has 1 heterocycles. The Kier molecular flexibility index (Phi) is 5.02. The standard InChI is InChI=1S/C8H13N5O5/c9-4(3-14)7-12-5(18-13-7)1-10-8(17)11-2-6(15)16/h4,14H,1-3,9H2,(H,15,16)(H2,10,11,17)/t4-/m0/s1. The van der Waals surface area contributed by atoms with Crippen molar-refractivity contribution in [3.05, 3.63) is 11.7 Å². The minimum atomic E-state index is -1.15. The molecule has 10 nitrogen and oxygen atoms in total. The first-order valence-corrected chi connectivity index (χ1v) is 4.95. The average molecular weight is 259 g/mol. The number of nitrogens with two attached hydrogens (primary N) is 1. The van der Waals surface area contributed by atoms with E-state index in [0.717, 1.165) is 0 Å². The lowest BCUT2D eigenvalue weighted by Crippen LogP contribution is -2.38. The molecule has 6 N–H and O–H groups in total. The molecular weight excluding hydrogens is 246 g/mol. The predicted octanol–water partition coefficient (Wildman–Crippen LogP) is -2.05. The highest BCUT2D eigenvalue weighted by molar-refractivity contribution is 5.79. The second kappa shape index (κ2) is 6.51. The van der Waals surface area contributed by atoms with Crippen LogP contribution in [0.4, 0.5) is 4.79 Å². The number of carboxylic acid groups (broad SMARTS) is 1. The molecular formula is C8H13N5O5. The summed E-state index contributed by atoms with van der Waals surface area (Å²) in [6, 6.07) is -1.42. The van der Waals surface area contributed by atoms with Crippen LogP contribution in [-0.2, 0) is 11.3 Å². The maximum absolute atomic E-state index is 11.1. The number of aliphatic hydroxyl groups excluding tert-OH is 1. The van der Waals surface area contributed by atoms with Crippen molar-refractivity contribution in [3.8, 4) is 0 Å². The van der Waals surface area contributed by atoms with E-state index in [1.807, 2.05) is 0 Å². The molecule has 1 aromatic rings. The molecule has 0 aliphatic carbocycles. The topological polar surface area (TPSA) is 164 Å². The summed E-state index contributed by atoms with van der Waals surface area (Å²) in [6.07, 6.45) is 0. The SMILES string of the molecule is N[C@@H](CO)c1noc(CNC(=O)NCC(=O)O)n1. The van der Waals surface area contributed by atoms with Gasteiger partial charge in [-0.1, -0.05) is 5.16 Å². The largest absolute Gasteiger partial charge is 0.480 e. The van der Waals surface area contributed by atoms with Crippen molar-refractivity contribution in [2.75, 3.05) is 13.2 Å². The molecule has 0 bridgehead atoms. The molecule has 2 amide bonds. The van der Waals surface area contributed by atoms with Gasteiger partial charge >= 0.3 is 12.0 Å². The number of aliphatic carboxylic acids is 1. The van der Waals surface area contributed by atoms with Crippen LogP contribution in [0.3, 0.4) is 0 Å². The third kappa shape index (κ3) is 4.35. The van der Waals surface area contributed by atoms with E-state index in [1.54, 1.807) is 0 Å². The Morgan fingerprint density at radius 3 is 2.78 bits per heavy atom. The number of amides is 2. The van der Waals surface area contributed by atoms with Crippen LogP contribution in [0.25, 0.3) is 0 Å². The zero-order valence-electron chi connectivity index (χ0n) is 9.29. The van der Waals surface area contributed by atoms with Gasteiger partial charge in [0.2, 0.25) is 5.89 Å². The van der Waals surface area contributed by atoms with E-state index in [-0.39, 0.29) is 24.9 Å². The van der Waals surface area contributed by atoms with Gasteiger partial charge in [-0.2, -0.15) is 4.98 Å². The smallest absolute Gasteiger partial charge is 0.323 e. The summed E-state index contributed by atoms with van der Waals surface area (Å²) in [7, 11) is 0. The highest BCUT2D eigenvalue weighted by atomic mass is 16.5. The van der Waals surface area contributed by atoms with Gasteiger partial charge in [-0.3, -0.25) is 4.79 Å². The molecule has 1 rings (SSSR count). The zero-order valence-corrected chi connectivity index (χ0v) is 9.29. The average Bonchev–Trinajstić information content (AvgIpc) is 2.81. The van der Waals surface area contributed by atoms with Gasteiger partial charge in [0.25, 0.3) is 0 Å². The molecule has 18 heavy (non-hydrogen) atoms. The Morgan fingerprint density at radius 2 is 2.17 bits per heavy atom. The highest BCUT2D eigenvalue weighted by Gasteiger charge is 2.13. The van der Waals surface area contributed by atoms with Gasteiger partial charge in [-0.25, -0.2) is 4.79 Å². The Balaban J connectivity index is 2.37. The third-order valence-corrected chi connectivity index (χ3v) is 1.81. The summed E-state index contributed by atoms with van der Waals surface area (Å²) >= 11 is 0. The first-order chi connectivity index (χ1) is 8.52. The second-order valence-electron chi connectivity index (χ2n) is 3.27. The normalized spacial score (nSPS) is 11.9. The number of carbonyl (C=O) groups is 2. The molecule has 0 saturated carbocycles. The highest BCUT2D eigenvalue weighted by Crippen LogP contribution is 2.04. The summed E-state index contributed by atoms with van der Waals surface area (Å²) in [6.45, 7) is -0.890. The van der Waals surface area contributed by atoms with E-state index in [2.05, 4.69) is 20.8 Å². The predicted molar refractivity (Wildman–Crippen MR) is 56.2 cm³/mol. The van der Waals surface area contributed by atoms with Gasteiger partial charge < -0.3 is 31.1 Å². The summed E-state index contributed by atoms with van der Waals surface area (Å²) in [4.78, 5) is 25.1. The molecule has 0 fully saturated rings. The first kappa shape index (κ1) is 13.9. The number of hydrogen-bond acceptors (Lipinski definition) is 7.